The molecule has 3 rings (SSSR count). The lowest BCUT2D eigenvalue weighted by Crippen LogP contribution is -2.51. The number of aliphatic hydroxyl groups excluding tert-OH is 1. The van der Waals surface area contributed by atoms with E-state index >= 15 is 0 Å². The average molecular weight is 403 g/mol. The number of piperazine rings is 1. The number of hydrogen-bond donors (Lipinski definition) is 2. The van der Waals surface area contributed by atoms with E-state index in [1.54, 1.807) is 34.1 Å². The van der Waals surface area contributed by atoms with Crippen molar-refractivity contribution in [3.8, 4) is 0 Å². The minimum absolute atomic E-state index is 0.0635. The highest BCUT2D eigenvalue weighted by atomic mass is 16.6. The lowest BCUT2D eigenvalue weighted by Gasteiger charge is -2.35. The molecular weight excluding hydrogens is 374 g/mol. The summed E-state index contributed by atoms with van der Waals surface area (Å²) in [6.07, 6.45) is -0.359. The van der Waals surface area contributed by atoms with Crippen LogP contribution in [0.3, 0.4) is 0 Å². The van der Waals surface area contributed by atoms with Crippen LogP contribution in [0, 0.1) is 5.92 Å². The zero-order valence-corrected chi connectivity index (χ0v) is 17.2. The van der Waals surface area contributed by atoms with Crippen molar-refractivity contribution in [2.75, 3.05) is 39.3 Å². The van der Waals surface area contributed by atoms with E-state index in [9.17, 15) is 19.5 Å². The molecule has 2 fully saturated rings. The van der Waals surface area contributed by atoms with Gasteiger partial charge >= 0.3 is 6.09 Å². The first kappa shape index (κ1) is 21.1. The van der Waals surface area contributed by atoms with E-state index in [4.69, 9.17) is 4.74 Å². The number of hydrogen-bond acceptors (Lipinski definition) is 5. The summed E-state index contributed by atoms with van der Waals surface area (Å²) in [4.78, 5) is 40.3. The number of benzene rings is 1. The maximum atomic E-state index is 12.8. The molecule has 0 spiro atoms. The number of carbonyl (C=O) groups excluding carboxylic acids is 3. The summed E-state index contributed by atoms with van der Waals surface area (Å²) in [5, 5.41) is 12.2. The van der Waals surface area contributed by atoms with Crippen LogP contribution in [0.5, 0.6) is 0 Å². The van der Waals surface area contributed by atoms with E-state index in [0.717, 1.165) is 5.56 Å². The molecule has 1 unspecified atom stereocenters. The van der Waals surface area contributed by atoms with Gasteiger partial charge in [0.25, 0.3) is 5.91 Å². The van der Waals surface area contributed by atoms with Crippen molar-refractivity contribution in [3.05, 3.63) is 35.4 Å². The molecule has 2 heterocycles. The first-order valence-electron chi connectivity index (χ1n) is 9.95. The molecule has 158 valence electrons. The first-order valence-corrected chi connectivity index (χ1v) is 9.95. The van der Waals surface area contributed by atoms with E-state index in [2.05, 4.69) is 5.32 Å². The molecule has 8 nitrogen and oxygen atoms in total. The normalized spacial score (nSPS) is 22.4. The fraction of sp³-hybridized carbons (Fsp3) is 0.571. The predicted octanol–water partition coefficient (Wildman–Crippen LogP) is 1.20. The van der Waals surface area contributed by atoms with E-state index in [0.29, 0.717) is 38.3 Å². The van der Waals surface area contributed by atoms with Crippen molar-refractivity contribution in [1.29, 1.82) is 0 Å². The summed E-state index contributed by atoms with van der Waals surface area (Å²) in [5.41, 5.74) is 0.792. The molecule has 0 radical (unpaired) electrons. The number of nitrogens with one attached hydrogen (secondary N) is 1. The second-order valence-corrected chi connectivity index (χ2v) is 8.55. The molecule has 2 aliphatic heterocycles. The smallest absolute Gasteiger partial charge is 0.410 e. The summed E-state index contributed by atoms with van der Waals surface area (Å²) >= 11 is 0. The molecule has 2 saturated heterocycles. The van der Waals surface area contributed by atoms with Crippen molar-refractivity contribution < 1.29 is 24.2 Å². The van der Waals surface area contributed by atoms with Gasteiger partial charge in [-0.25, -0.2) is 4.79 Å². The third-order valence-corrected chi connectivity index (χ3v) is 5.26. The molecule has 2 N–H and O–H groups in total. The molecule has 3 amide bonds. The molecule has 0 aromatic heterocycles. The van der Waals surface area contributed by atoms with Crippen molar-refractivity contribution in [2.24, 2.45) is 5.92 Å². The Morgan fingerprint density at radius 1 is 1.10 bits per heavy atom. The molecule has 1 aromatic rings. The molecule has 8 heteroatoms. The third kappa shape index (κ3) is 4.87. The molecule has 0 aliphatic carbocycles. The van der Waals surface area contributed by atoms with Crippen molar-refractivity contribution in [2.45, 2.75) is 32.3 Å². The Hall–Kier alpha value is -2.61. The zero-order valence-electron chi connectivity index (χ0n) is 17.2. The maximum Gasteiger partial charge on any atom is 0.410 e. The van der Waals surface area contributed by atoms with Gasteiger partial charge < -0.3 is 25.0 Å². The van der Waals surface area contributed by atoms with Crippen molar-refractivity contribution in [1.82, 2.24) is 15.1 Å². The summed E-state index contributed by atoms with van der Waals surface area (Å²) < 4.78 is 5.38. The van der Waals surface area contributed by atoms with Gasteiger partial charge in [-0.15, -0.1) is 0 Å². The summed E-state index contributed by atoms with van der Waals surface area (Å²) in [6.45, 7) is 7.62. The van der Waals surface area contributed by atoms with E-state index in [-0.39, 0.29) is 36.4 Å². The van der Waals surface area contributed by atoms with E-state index in [1.165, 1.54) is 0 Å². The van der Waals surface area contributed by atoms with Gasteiger partial charge in [0.05, 0.1) is 5.92 Å². The van der Waals surface area contributed by atoms with Crippen LogP contribution < -0.4 is 5.32 Å². The molecular formula is C21H29N3O5. The predicted molar refractivity (Wildman–Crippen MR) is 106 cm³/mol. The minimum atomic E-state index is -0.545. The van der Waals surface area contributed by atoms with Gasteiger partial charge in [-0.3, -0.25) is 9.59 Å². The first-order chi connectivity index (χ1) is 13.7. The largest absolute Gasteiger partial charge is 0.444 e. The topological polar surface area (TPSA) is 99.2 Å². The Labute approximate surface area is 170 Å². The summed E-state index contributed by atoms with van der Waals surface area (Å²) in [5.74, 6) is -0.733. The van der Waals surface area contributed by atoms with Crippen molar-refractivity contribution in [3.63, 3.8) is 0 Å². The highest BCUT2D eigenvalue weighted by Crippen LogP contribution is 2.29. The summed E-state index contributed by atoms with van der Waals surface area (Å²) in [7, 11) is 0. The molecule has 0 bridgehead atoms. The second-order valence-electron chi connectivity index (χ2n) is 8.55. The monoisotopic (exact) mass is 403 g/mol. The van der Waals surface area contributed by atoms with Gasteiger partial charge in [0.1, 0.15) is 5.60 Å². The number of amides is 3. The van der Waals surface area contributed by atoms with Crippen LogP contribution in [0.15, 0.2) is 24.3 Å². The van der Waals surface area contributed by atoms with Crippen LogP contribution >= 0.6 is 0 Å². The number of nitrogens with zero attached hydrogens (tertiary/aromatic N) is 2. The van der Waals surface area contributed by atoms with Crippen LogP contribution in [0.1, 0.15) is 42.6 Å². The number of ether oxygens (including phenoxy) is 1. The third-order valence-electron chi connectivity index (χ3n) is 5.26. The SMILES string of the molecule is CC(C)(C)OC(=O)N1CCN(C(=O)c2ccc([C@@H]3C(=O)NCC3CO)cc2)CC1. The Morgan fingerprint density at radius 3 is 2.24 bits per heavy atom. The van der Waals surface area contributed by atoms with Gasteiger partial charge in [-0.05, 0) is 38.5 Å². The number of rotatable bonds is 3. The molecule has 0 saturated carbocycles. The lowest BCUT2D eigenvalue weighted by atomic mass is 9.88. The fourth-order valence-corrected chi connectivity index (χ4v) is 3.70. The zero-order chi connectivity index (χ0) is 21.2. The van der Waals surface area contributed by atoms with Crippen LogP contribution in [0.2, 0.25) is 0 Å². The Kier molecular flexibility index (Phi) is 6.12. The van der Waals surface area contributed by atoms with Gasteiger partial charge in [0, 0.05) is 50.8 Å². The Morgan fingerprint density at radius 2 is 1.69 bits per heavy atom. The summed E-state index contributed by atoms with van der Waals surface area (Å²) in [6, 6.07) is 7.00. The lowest BCUT2D eigenvalue weighted by molar-refractivity contribution is -0.120. The van der Waals surface area contributed by atoms with Crippen LogP contribution in [0.25, 0.3) is 0 Å². The highest BCUT2D eigenvalue weighted by Gasteiger charge is 2.35. The van der Waals surface area contributed by atoms with Gasteiger partial charge in [0.2, 0.25) is 5.91 Å². The van der Waals surface area contributed by atoms with Gasteiger partial charge in [0.15, 0.2) is 0 Å². The molecule has 1 aromatic carbocycles. The quantitative estimate of drug-likeness (QED) is 0.790. The van der Waals surface area contributed by atoms with Gasteiger partial charge in [-0.1, -0.05) is 12.1 Å². The average Bonchev–Trinajstić information content (AvgIpc) is 3.07. The number of aliphatic hydroxyl groups is 1. The fourth-order valence-electron chi connectivity index (χ4n) is 3.70. The Bertz CT molecular complexity index is 764. The van der Waals surface area contributed by atoms with Crippen LogP contribution in [-0.4, -0.2) is 77.7 Å². The molecule has 29 heavy (non-hydrogen) atoms. The van der Waals surface area contributed by atoms with E-state index in [1.807, 2.05) is 20.8 Å². The van der Waals surface area contributed by atoms with Crippen LogP contribution in [-0.2, 0) is 9.53 Å². The van der Waals surface area contributed by atoms with Crippen LogP contribution in [0.4, 0.5) is 4.79 Å². The molecule has 2 aliphatic rings. The number of carbonyl (C=O) groups is 3. The maximum absolute atomic E-state index is 12.8. The highest BCUT2D eigenvalue weighted by molar-refractivity contribution is 5.94. The minimum Gasteiger partial charge on any atom is -0.444 e. The standard InChI is InChI=1S/C21H29N3O5/c1-21(2,3)29-20(28)24-10-8-23(9-11-24)19(27)15-6-4-14(5-7-15)17-16(13-25)12-22-18(17)26/h4-7,16-17,25H,8-13H2,1-3H3,(H,22,26)/t16?,17-/m0/s1. The molecule has 2 atom stereocenters. The van der Waals surface area contributed by atoms with Gasteiger partial charge in [-0.2, -0.15) is 0 Å². The Balaban J connectivity index is 1.59. The van der Waals surface area contributed by atoms with Crippen molar-refractivity contribution >= 4 is 17.9 Å². The van der Waals surface area contributed by atoms with E-state index < -0.39 is 5.60 Å². The second kappa shape index (κ2) is 8.41.